The number of aryl methyl sites for hydroxylation is 1. The van der Waals surface area contributed by atoms with E-state index in [1.54, 1.807) is 24.3 Å². The topological polar surface area (TPSA) is 156 Å². The van der Waals surface area contributed by atoms with Crippen molar-refractivity contribution in [3.05, 3.63) is 70.9 Å². The fourth-order valence-corrected chi connectivity index (χ4v) is 5.27. The molecule has 33 heavy (non-hydrogen) atoms. The maximum Gasteiger partial charge on any atom is 0.372 e. The Morgan fingerprint density at radius 1 is 0.879 bits per heavy atom. The summed E-state index contributed by atoms with van der Waals surface area (Å²) in [6, 6.07) is 12.8. The minimum Gasteiger partial charge on any atom is -0.475 e. The number of para-hydroxylation sites is 1. The number of carboxylic acids is 1. The van der Waals surface area contributed by atoms with E-state index < -0.39 is 36.9 Å². The van der Waals surface area contributed by atoms with Crippen LogP contribution in [0.3, 0.4) is 0 Å². The van der Waals surface area contributed by atoms with Crippen LogP contribution >= 0.6 is 11.6 Å². The highest BCUT2D eigenvalue weighted by atomic mass is 35.5. The highest BCUT2D eigenvalue weighted by Crippen LogP contribution is 2.32. The molecule has 0 aliphatic carbocycles. The molecular formula is C20H15ClN2O8S2. The number of nitrogens with one attached hydrogen (secondary N) is 2. The molecule has 4 rings (SSSR count). The van der Waals surface area contributed by atoms with Crippen molar-refractivity contribution in [1.29, 1.82) is 0 Å². The van der Waals surface area contributed by atoms with E-state index in [1.807, 2.05) is 0 Å². The maximum atomic E-state index is 12.9. The van der Waals surface area contributed by atoms with Crippen molar-refractivity contribution in [2.75, 3.05) is 9.44 Å². The fraction of sp³-hybridized carbons (Fsp3) is 0.0500. The second-order valence-electron chi connectivity index (χ2n) is 6.89. The number of benzene rings is 2. The molecule has 13 heteroatoms. The first-order chi connectivity index (χ1) is 15.5. The van der Waals surface area contributed by atoms with E-state index in [0.29, 0.717) is 11.0 Å². The molecule has 0 saturated carbocycles. The molecule has 3 N–H and O–H groups in total. The van der Waals surface area contributed by atoms with E-state index in [-0.39, 0.29) is 27.1 Å². The molecule has 0 fully saturated rings. The fourth-order valence-electron chi connectivity index (χ4n) is 2.97. The van der Waals surface area contributed by atoms with E-state index in [4.69, 9.17) is 25.5 Å². The number of carbonyl (C=O) groups is 1. The van der Waals surface area contributed by atoms with Crippen molar-refractivity contribution in [2.45, 2.75) is 17.1 Å². The third-order valence-electron chi connectivity index (χ3n) is 4.49. The Hall–Kier alpha value is -3.48. The van der Waals surface area contributed by atoms with E-state index in [9.17, 15) is 21.6 Å². The number of carboxylic acid groups (broad SMARTS) is 1. The molecule has 0 unspecified atom stereocenters. The molecule has 2 aromatic heterocycles. The predicted octanol–water partition coefficient (Wildman–Crippen LogP) is 4.29. The van der Waals surface area contributed by atoms with Gasteiger partial charge in [0.1, 0.15) is 5.58 Å². The zero-order valence-corrected chi connectivity index (χ0v) is 19.1. The van der Waals surface area contributed by atoms with Gasteiger partial charge in [0.15, 0.2) is 0 Å². The van der Waals surface area contributed by atoms with Crippen LogP contribution in [0.25, 0.3) is 11.0 Å². The van der Waals surface area contributed by atoms with Gasteiger partial charge in [-0.2, -0.15) is 16.8 Å². The van der Waals surface area contributed by atoms with Crippen LogP contribution in [0.4, 0.5) is 11.4 Å². The van der Waals surface area contributed by atoms with E-state index in [0.717, 1.165) is 6.07 Å². The molecular weight excluding hydrogens is 496 g/mol. The van der Waals surface area contributed by atoms with Crippen LogP contribution in [0.15, 0.2) is 73.6 Å². The molecule has 0 radical (unpaired) electrons. The SMILES string of the molecule is Cc1cc(S(=O)(=O)Nc2ccc(Cl)cc2NS(=O)(=O)c2cc3ccccc3o2)oc1C(=O)O. The van der Waals surface area contributed by atoms with Gasteiger partial charge in [0.05, 0.1) is 11.4 Å². The van der Waals surface area contributed by atoms with Gasteiger partial charge in [0.25, 0.3) is 20.0 Å². The third-order valence-corrected chi connectivity index (χ3v) is 7.17. The van der Waals surface area contributed by atoms with Gasteiger partial charge in [-0.1, -0.05) is 29.8 Å². The molecule has 0 amide bonds. The van der Waals surface area contributed by atoms with Gasteiger partial charge >= 0.3 is 5.97 Å². The van der Waals surface area contributed by atoms with Crippen molar-refractivity contribution < 1.29 is 35.6 Å². The lowest BCUT2D eigenvalue weighted by Crippen LogP contribution is -2.17. The molecule has 0 aliphatic heterocycles. The monoisotopic (exact) mass is 510 g/mol. The summed E-state index contributed by atoms with van der Waals surface area (Å²) in [5.41, 5.74) is 0.0930. The number of hydrogen-bond acceptors (Lipinski definition) is 7. The summed E-state index contributed by atoms with van der Waals surface area (Å²) < 4.78 is 66.1. The highest BCUT2D eigenvalue weighted by Gasteiger charge is 2.26. The first-order valence-electron chi connectivity index (χ1n) is 9.14. The summed E-state index contributed by atoms with van der Waals surface area (Å²) in [6.45, 7) is 1.38. The lowest BCUT2D eigenvalue weighted by atomic mass is 10.3. The Morgan fingerprint density at radius 2 is 1.52 bits per heavy atom. The molecule has 4 aromatic rings. The number of sulfonamides is 2. The summed E-state index contributed by atoms with van der Waals surface area (Å²) >= 11 is 5.98. The molecule has 0 saturated heterocycles. The number of halogens is 1. The van der Waals surface area contributed by atoms with E-state index >= 15 is 0 Å². The number of anilines is 2. The Labute approximate surface area is 192 Å². The largest absolute Gasteiger partial charge is 0.475 e. The van der Waals surface area contributed by atoms with Crippen LogP contribution in [0.5, 0.6) is 0 Å². The van der Waals surface area contributed by atoms with Crippen LogP contribution in [0, 0.1) is 6.92 Å². The zero-order valence-electron chi connectivity index (χ0n) is 16.7. The van der Waals surface area contributed by atoms with E-state index in [1.165, 1.54) is 31.2 Å². The summed E-state index contributed by atoms with van der Waals surface area (Å²) in [5, 5.41) is 8.74. The van der Waals surface area contributed by atoms with Crippen molar-refractivity contribution in [1.82, 2.24) is 0 Å². The Bertz CT molecular complexity index is 1570. The minimum atomic E-state index is -4.41. The first-order valence-corrected chi connectivity index (χ1v) is 12.5. The van der Waals surface area contributed by atoms with Crippen LogP contribution in [-0.2, 0) is 20.0 Å². The van der Waals surface area contributed by atoms with Crippen LogP contribution in [-0.4, -0.2) is 27.9 Å². The quantitative estimate of drug-likeness (QED) is 0.332. The zero-order chi connectivity index (χ0) is 24.0. The smallest absolute Gasteiger partial charge is 0.372 e. The number of rotatable bonds is 7. The Kier molecular flexibility index (Phi) is 5.60. The number of fused-ring (bicyclic) bond motifs is 1. The van der Waals surface area contributed by atoms with Gasteiger partial charge in [-0.25, -0.2) is 4.79 Å². The molecule has 0 bridgehead atoms. The van der Waals surface area contributed by atoms with Gasteiger partial charge in [0.2, 0.25) is 15.9 Å². The average molecular weight is 511 g/mol. The number of aromatic carboxylic acids is 1. The van der Waals surface area contributed by atoms with Crippen molar-refractivity contribution in [2.24, 2.45) is 0 Å². The summed E-state index contributed by atoms with van der Waals surface area (Å²) in [5.74, 6) is -1.96. The molecule has 0 atom stereocenters. The van der Waals surface area contributed by atoms with E-state index in [2.05, 4.69) is 9.44 Å². The van der Waals surface area contributed by atoms with Crippen molar-refractivity contribution >= 4 is 60.0 Å². The van der Waals surface area contributed by atoms with Gasteiger partial charge in [-0.15, -0.1) is 0 Å². The summed E-state index contributed by atoms with van der Waals surface area (Å²) in [7, 11) is -8.67. The Balaban J connectivity index is 1.69. The van der Waals surface area contributed by atoms with Crippen LogP contribution < -0.4 is 9.44 Å². The summed E-state index contributed by atoms with van der Waals surface area (Å²) in [4.78, 5) is 11.2. The van der Waals surface area contributed by atoms with Gasteiger partial charge in [-0.05, 0) is 31.2 Å². The van der Waals surface area contributed by atoms with Gasteiger partial charge in [-0.3, -0.25) is 9.44 Å². The predicted molar refractivity (Wildman–Crippen MR) is 120 cm³/mol. The standard InChI is InChI=1S/C20H15ClN2O8S2/c1-11-8-17(31-19(11)20(24)25)32(26,27)22-14-7-6-13(21)10-15(14)23-33(28,29)18-9-12-4-2-3-5-16(12)30-18/h2-10,22-23H,1H3,(H,24,25). The highest BCUT2D eigenvalue weighted by molar-refractivity contribution is 7.93. The molecule has 2 heterocycles. The third kappa shape index (κ3) is 4.53. The number of furan rings is 2. The van der Waals surface area contributed by atoms with Crippen molar-refractivity contribution in [3.8, 4) is 0 Å². The molecule has 0 aliphatic rings. The van der Waals surface area contributed by atoms with Crippen LogP contribution in [0.2, 0.25) is 5.02 Å². The van der Waals surface area contributed by atoms with Crippen LogP contribution in [0.1, 0.15) is 16.1 Å². The van der Waals surface area contributed by atoms with Gasteiger partial charge in [0, 0.05) is 28.1 Å². The molecule has 2 aromatic carbocycles. The Morgan fingerprint density at radius 3 is 2.15 bits per heavy atom. The normalized spacial score (nSPS) is 12.1. The number of hydrogen-bond donors (Lipinski definition) is 3. The summed E-state index contributed by atoms with van der Waals surface area (Å²) in [6.07, 6.45) is 0. The molecule has 0 spiro atoms. The van der Waals surface area contributed by atoms with Crippen molar-refractivity contribution in [3.63, 3.8) is 0 Å². The maximum absolute atomic E-state index is 12.9. The second-order valence-corrected chi connectivity index (χ2v) is 10.6. The first kappa shape index (κ1) is 22.7. The lowest BCUT2D eigenvalue weighted by Gasteiger charge is -2.13. The van der Waals surface area contributed by atoms with Gasteiger partial charge < -0.3 is 13.9 Å². The second kappa shape index (κ2) is 8.14. The molecule has 10 nitrogen and oxygen atoms in total. The minimum absolute atomic E-state index is 0.102. The lowest BCUT2D eigenvalue weighted by molar-refractivity contribution is 0.0655. The average Bonchev–Trinajstić information content (AvgIpc) is 3.34. The molecule has 172 valence electrons.